The monoisotopic (exact) mass is 232 g/mol. The van der Waals surface area contributed by atoms with Crippen molar-refractivity contribution in [1.29, 1.82) is 0 Å². The minimum absolute atomic E-state index is 0.624. The molecule has 2 aromatic rings. The molecule has 0 aliphatic heterocycles. The van der Waals surface area contributed by atoms with Gasteiger partial charge in [-0.25, -0.2) is 0 Å². The SMILES string of the molecule is CNc1nc(N(C)CC2CC2)c2cn[nH]c2n1. The van der Waals surface area contributed by atoms with Gasteiger partial charge in [-0.2, -0.15) is 15.1 Å². The fourth-order valence-corrected chi connectivity index (χ4v) is 2.00. The lowest BCUT2D eigenvalue weighted by Gasteiger charge is -2.18. The summed E-state index contributed by atoms with van der Waals surface area (Å²) in [4.78, 5) is 11.0. The Morgan fingerprint density at radius 3 is 3.00 bits per heavy atom. The van der Waals surface area contributed by atoms with Crippen LogP contribution >= 0.6 is 0 Å². The standard InChI is InChI=1S/C11H16N6/c1-12-11-14-9-8(5-13-16-9)10(15-11)17(2)6-7-3-4-7/h5,7H,3-4,6H2,1-2H3,(H2,12,13,14,15,16). The number of anilines is 2. The molecule has 0 unspecified atom stereocenters. The second-order valence-electron chi connectivity index (χ2n) is 4.58. The van der Waals surface area contributed by atoms with Crippen molar-refractivity contribution in [2.75, 3.05) is 30.9 Å². The highest BCUT2D eigenvalue weighted by atomic mass is 15.2. The van der Waals surface area contributed by atoms with E-state index in [9.17, 15) is 0 Å². The highest BCUT2D eigenvalue weighted by Crippen LogP contribution is 2.32. The summed E-state index contributed by atoms with van der Waals surface area (Å²) in [6.45, 7) is 1.06. The highest BCUT2D eigenvalue weighted by molar-refractivity contribution is 5.87. The Bertz CT molecular complexity index is 530. The fourth-order valence-electron chi connectivity index (χ4n) is 2.00. The first-order valence-electron chi connectivity index (χ1n) is 5.88. The molecule has 0 atom stereocenters. The molecule has 6 nitrogen and oxygen atoms in total. The zero-order chi connectivity index (χ0) is 11.8. The van der Waals surface area contributed by atoms with E-state index in [2.05, 4.69) is 37.4 Å². The van der Waals surface area contributed by atoms with Crippen LogP contribution in [0.2, 0.25) is 0 Å². The van der Waals surface area contributed by atoms with Gasteiger partial charge >= 0.3 is 0 Å². The second kappa shape index (κ2) is 3.87. The molecular weight excluding hydrogens is 216 g/mol. The molecule has 2 heterocycles. The summed E-state index contributed by atoms with van der Waals surface area (Å²) >= 11 is 0. The third-order valence-electron chi connectivity index (χ3n) is 3.10. The average Bonchev–Trinajstić information content (AvgIpc) is 3.02. The van der Waals surface area contributed by atoms with Gasteiger partial charge in [0.25, 0.3) is 0 Å². The number of hydrogen-bond acceptors (Lipinski definition) is 5. The quantitative estimate of drug-likeness (QED) is 0.830. The molecule has 0 saturated heterocycles. The molecule has 1 fully saturated rings. The number of hydrogen-bond donors (Lipinski definition) is 2. The van der Waals surface area contributed by atoms with Crippen molar-refractivity contribution in [3.8, 4) is 0 Å². The van der Waals surface area contributed by atoms with Crippen LogP contribution in [0, 0.1) is 5.92 Å². The van der Waals surface area contributed by atoms with E-state index in [1.165, 1.54) is 12.8 Å². The zero-order valence-corrected chi connectivity index (χ0v) is 10.1. The van der Waals surface area contributed by atoms with Crippen molar-refractivity contribution < 1.29 is 0 Å². The Hall–Kier alpha value is -1.85. The van der Waals surface area contributed by atoms with Gasteiger partial charge in [-0.3, -0.25) is 5.10 Å². The number of H-pyrrole nitrogens is 1. The molecule has 0 radical (unpaired) electrons. The Kier molecular flexibility index (Phi) is 2.35. The van der Waals surface area contributed by atoms with Crippen molar-refractivity contribution in [1.82, 2.24) is 20.2 Å². The Morgan fingerprint density at radius 1 is 1.47 bits per heavy atom. The summed E-state index contributed by atoms with van der Waals surface area (Å²) in [6, 6.07) is 0. The molecule has 1 saturated carbocycles. The predicted molar refractivity (Wildman–Crippen MR) is 67.2 cm³/mol. The van der Waals surface area contributed by atoms with Gasteiger partial charge in [0.05, 0.1) is 11.6 Å². The first-order chi connectivity index (χ1) is 8.28. The van der Waals surface area contributed by atoms with Crippen molar-refractivity contribution in [3.63, 3.8) is 0 Å². The Balaban J connectivity index is 2.01. The van der Waals surface area contributed by atoms with E-state index in [4.69, 9.17) is 0 Å². The third-order valence-corrected chi connectivity index (χ3v) is 3.10. The summed E-state index contributed by atoms with van der Waals surface area (Å²) < 4.78 is 0. The lowest BCUT2D eigenvalue weighted by molar-refractivity contribution is 0.779. The fraction of sp³-hybridized carbons (Fsp3) is 0.545. The minimum atomic E-state index is 0.624. The normalized spacial score (nSPS) is 15.2. The maximum atomic E-state index is 4.52. The summed E-state index contributed by atoms with van der Waals surface area (Å²) in [7, 11) is 3.90. The van der Waals surface area contributed by atoms with Gasteiger partial charge in [0.1, 0.15) is 5.82 Å². The van der Waals surface area contributed by atoms with Crippen LogP contribution in [0.15, 0.2) is 6.20 Å². The molecule has 3 rings (SSSR count). The van der Waals surface area contributed by atoms with Gasteiger partial charge in [-0.05, 0) is 18.8 Å². The average molecular weight is 232 g/mol. The van der Waals surface area contributed by atoms with Crippen LogP contribution in [0.5, 0.6) is 0 Å². The molecule has 1 aliphatic rings. The summed E-state index contributed by atoms with van der Waals surface area (Å²) in [6.07, 6.45) is 4.46. The van der Waals surface area contributed by atoms with Gasteiger partial charge in [-0.15, -0.1) is 0 Å². The molecule has 0 spiro atoms. The highest BCUT2D eigenvalue weighted by Gasteiger charge is 2.24. The Labute approximate surface area is 99.4 Å². The molecular formula is C11H16N6. The Morgan fingerprint density at radius 2 is 2.29 bits per heavy atom. The summed E-state index contributed by atoms with van der Waals surface area (Å²) in [5.74, 6) is 2.40. The maximum Gasteiger partial charge on any atom is 0.226 e. The lowest BCUT2D eigenvalue weighted by Crippen LogP contribution is -2.21. The molecule has 6 heteroatoms. The van der Waals surface area contributed by atoms with Gasteiger partial charge in [0.2, 0.25) is 5.95 Å². The number of aromatic amines is 1. The van der Waals surface area contributed by atoms with Gasteiger partial charge < -0.3 is 10.2 Å². The van der Waals surface area contributed by atoms with E-state index in [0.717, 1.165) is 29.3 Å². The van der Waals surface area contributed by atoms with Crippen LogP contribution in [0.3, 0.4) is 0 Å². The van der Waals surface area contributed by atoms with Crippen molar-refractivity contribution in [3.05, 3.63) is 6.20 Å². The van der Waals surface area contributed by atoms with Gasteiger partial charge in [-0.1, -0.05) is 0 Å². The molecule has 90 valence electrons. The number of rotatable bonds is 4. The topological polar surface area (TPSA) is 69.7 Å². The smallest absolute Gasteiger partial charge is 0.226 e. The molecule has 0 amide bonds. The first kappa shape index (κ1) is 10.3. The van der Waals surface area contributed by atoms with Crippen molar-refractivity contribution >= 4 is 22.8 Å². The predicted octanol–water partition coefficient (Wildman–Crippen LogP) is 1.24. The van der Waals surface area contributed by atoms with Crippen LogP contribution in [0.1, 0.15) is 12.8 Å². The number of nitrogens with one attached hydrogen (secondary N) is 2. The first-order valence-corrected chi connectivity index (χ1v) is 5.88. The van der Waals surface area contributed by atoms with Crippen LogP contribution in [0.25, 0.3) is 11.0 Å². The van der Waals surface area contributed by atoms with Gasteiger partial charge in [0, 0.05) is 20.6 Å². The molecule has 2 N–H and O–H groups in total. The number of fused-ring (bicyclic) bond motifs is 1. The van der Waals surface area contributed by atoms with E-state index in [0.29, 0.717) is 5.95 Å². The molecule has 0 aromatic carbocycles. The summed E-state index contributed by atoms with van der Waals surface area (Å²) in [5.41, 5.74) is 0.780. The van der Waals surface area contributed by atoms with E-state index in [1.807, 2.05) is 7.05 Å². The van der Waals surface area contributed by atoms with E-state index in [-0.39, 0.29) is 0 Å². The summed E-state index contributed by atoms with van der Waals surface area (Å²) in [5, 5.41) is 10.9. The van der Waals surface area contributed by atoms with Crippen LogP contribution in [-0.4, -0.2) is 40.8 Å². The van der Waals surface area contributed by atoms with Gasteiger partial charge in [0.15, 0.2) is 5.65 Å². The van der Waals surface area contributed by atoms with E-state index >= 15 is 0 Å². The largest absolute Gasteiger partial charge is 0.359 e. The molecule has 1 aliphatic carbocycles. The molecule has 0 bridgehead atoms. The van der Waals surface area contributed by atoms with E-state index in [1.54, 1.807) is 6.20 Å². The molecule has 17 heavy (non-hydrogen) atoms. The minimum Gasteiger partial charge on any atom is -0.359 e. The van der Waals surface area contributed by atoms with Crippen LogP contribution in [-0.2, 0) is 0 Å². The second-order valence-corrected chi connectivity index (χ2v) is 4.58. The van der Waals surface area contributed by atoms with Crippen molar-refractivity contribution in [2.45, 2.75) is 12.8 Å². The molecule has 2 aromatic heterocycles. The third kappa shape index (κ3) is 1.90. The lowest BCUT2D eigenvalue weighted by atomic mass is 10.3. The van der Waals surface area contributed by atoms with E-state index < -0.39 is 0 Å². The number of nitrogens with zero attached hydrogens (tertiary/aromatic N) is 4. The van der Waals surface area contributed by atoms with Crippen LogP contribution < -0.4 is 10.2 Å². The van der Waals surface area contributed by atoms with Crippen molar-refractivity contribution in [2.24, 2.45) is 5.92 Å². The zero-order valence-electron chi connectivity index (χ0n) is 10.1. The van der Waals surface area contributed by atoms with Crippen LogP contribution in [0.4, 0.5) is 11.8 Å². The number of aromatic nitrogens is 4. The maximum absolute atomic E-state index is 4.52.